The van der Waals surface area contributed by atoms with Crippen LogP contribution in [0.15, 0.2) is 49.2 Å². The molecule has 1 aromatic carbocycles. The summed E-state index contributed by atoms with van der Waals surface area (Å²) in [5, 5.41) is 8.38. The molecular weight excluding hydrogens is 407 g/mol. The molecule has 30 heavy (non-hydrogen) atoms. The molecule has 10 heteroatoms. The van der Waals surface area contributed by atoms with Gasteiger partial charge in [-0.3, -0.25) is 0 Å². The lowest BCUT2D eigenvalue weighted by atomic mass is 9.98. The Balaban J connectivity index is 1.68. The van der Waals surface area contributed by atoms with Gasteiger partial charge in [0.1, 0.15) is 17.7 Å². The molecule has 0 aliphatic heterocycles. The number of hydrogen-bond donors (Lipinski definition) is 2. The van der Waals surface area contributed by atoms with Crippen molar-refractivity contribution in [1.82, 2.24) is 34.5 Å². The topological polar surface area (TPSA) is 96.7 Å². The molecule has 0 aliphatic rings. The summed E-state index contributed by atoms with van der Waals surface area (Å²) in [6.07, 6.45) is 5.23. The molecule has 0 saturated heterocycles. The first-order chi connectivity index (χ1) is 14.7. The Hall–Kier alpha value is -3.59. The molecule has 0 fully saturated rings. The zero-order chi connectivity index (χ0) is 20.7. The molecule has 4 heterocycles. The number of nitrogens with zero attached hydrogens (tertiary/aromatic N) is 6. The first-order valence-corrected chi connectivity index (χ1v) is 9.73. The lowest BCUT2D eigenvalue weighted by molar-refractivity contribution is 0.629. The minimum atomic E-state index is -0.367. The summed E-state index contributed by atoms with van der Waals surface area (Å²) in [4.78, 5) is 20.1. The maximum absolute atomic E-state index is 14.7. The summed E-state index contributed by atoms with van der Waals surface area (Å²) >= 11 is 6.22. The first-order valence-electron chi connectivity index (χ1n) is 9.35. The van der Waals surface area contributed by atoms with Crippen molar-refractivity contribution < 1.29 is 4.39 Å². The van der Waals surface area contributed by atoms with E-state index in [4.69, 9.17) is 11.6 Å². The molecule has 2 N–H and O–H groups in total. The second-order valence-electron chi connectivity index (χ2n) is 6.71. The molecule has 0 amide bonds. The third-order valence-corrected chi connectivity index (χ3v) is 5.18. The number of imidazole rings is 2. The first kappa shape index (κ1) is 18.4. The van der Waals surface area contributed by atoms with Gasteiger partial charge in [-0.15, -0.1) is 0 Å². The molecule has 0 unspecified atom stereocenters. The van der Waals surface area contributed by atoms with E-state index in [1.54, 1.807) is 24.5 Å². The van der Waals surface area contributed by atoms with Crippen LogP contribution in [0.5, 0.6) is 0 Å². The molecule has 0 spiro atoms. The zero-order valence-corrected chi connectivity index (χ0v) is 16.6. The van der Waals surface area contributed by atoms with Crippen molar-refractivity contribution in [3.8, 4) is 11.3 Å². The Bertz CT molecular complexity index is 1360. The summed E-state index contributed by atoms with van der Waals surface area (Å²) in [5.74, 6) is 0.210. The van der Waals surface area contributed by atoms with E-state index in [0.29, 0.717) is 45.5 Å². The van der Waals surface area contributed by atoms with E-state index in [0.717, 1.165) is 5.56 Å². The summed E-state index contributed by atoms with van der Waals surface area (Å²) in [7, 11) is 0. The van der Waals surface area contributed by atoms with Gasteiger partial charge >= 0.3 is 0 Å². The number of fused-ring (bicyclic) bond motifs is 2. The van der Waals surface area contributed by atoms with Crippen molar-refractivity contribution in [3.05, 3.63) is 65.7 Å². The molecule has 1 atom stereocenters. The number of hydrogen-bond acceptors (Lipinski definition) is 6. The van der Waals surface area contributed by atoms with Gasteiger partial charge in [-0.25, -0.2) is 28.8 Å². The van der Waals surface area contributed by atoms with E-state index in [-0.39, 0.29) is 11.9 Å². The van der Waals surface area contributed by atoms with E-state index in [9.17, 15) is 4.39 Å². The molecule has 5 rings (SSSR count). The van der Waals surface area contributed by atoms with Crippen molar-refractivity contribution in [2.75, 3.05) is 5.32 Å². The maximum Gasteiger partial charge on any atom is 0.162 e. The molecule has 5 aromatic rings. The average Bonchev–Trinajstić information content (AvgIpc) is 3.39. The van der Waals surface area contributed by atoms with Gasteiger partial charge in [-0.1, -0.05) is 30.7 Å². The Morgan fingerprint density at radius 1 is 1.20 bits per heavy atom. The smallest absolute Gasteiger partial charge is 0.162 e. The predicted molar refractivity (Wildman–Crippen MR) is 112 cm³/mol. The predicted octanol–water partition coefficient (Wildman–Crippen LogP) is 4.42. The number of H-pyrrole nitrogens is 1. The van der Waals surface area contributed by atoms with Gasteiger partial charge < -0.3 is 10.3 Å². The number of halogens is 2. The van der Waals surface area contributed by atoms with E-state index >= 15 is 0 Å². The molecule has 150 valence electrons. The van der Waals surface area contributed by atoms with Crippen molar-refractivity contribution in [2.45, 2.75) is 19.4 Å². The monoisotopic (exact) mass is 422 g/mol. The van der Waals surface area contributed by atoms with Gasteiger partial charge in [-0.2, -0.15) is 5.10 Å². The van der Waals surface area contributed by atoms with Gasteiger partial charge in [0.2, 0.25) is 0 Å². The molecule has 8 nitrogen and oxygen atoms in total. The van der Waals surface area contributed by atoms with Crippen LogP contribution in [0.3, 0.4) is 0 Å². The molecule has 0 saturated carbocycles. The van der Waals surface area contributed by atoms with E-state index in [1.807, 2.05) is 13.0 Å². The average molecular weight is 423 g/mol. The van der Waals surface area contributed by atoms with Crippen LogP contribution in [-0.2, 0) is 0 Å². The van der Waals surface area contributed by atoms with E-state index in [2.05, 4.69) is 35.3 Å². The number of benzene rings is 1. The minimum absolute atomic E-state index is 0.234. The summed E-state index contributed by atoms with van der Waals surface area (Å²) in [5.41, 5.74) is 3.47. The summed E-state index contributed by atoms with van der Waals surface area (Å²) < 4.78 is 16.2. The lowest BCUT2D eigenvalue weighted by Gasteiger charge is -2.21. The van der Waals surface area contributed by atoms with Crippen LogP contribution in [0.2, 0.25) is 5.15 Å². The highest BCUT2D eigenvalue weighted by Crippen LogP contribution is 2.33. The standard InChI is InChI=1S/C20H16ClFN8/c1-2-14(28-20-18-19(25-9-24-18)26-10-27-20)12-7-16-23-8-15(21)30(16)29-17(12)11-5-3-4-6-13(11)22/h3-10,14H,2H2,1H3,(H2,24,25,26,27,28)/t14-/m1/s1. The zero-order valence-electron chi connectivity index (χ0n) is 15.8. The van der Waals surface area contributed by atoms with Gasteiger partial charge in [0.15, 0.2) is 22.3 Å². The molecule has 4 aromatic heterocycles. The fraction of sp³-hybridized carbons (Fsp3) is 0.150. The van der Waals surface area contributed by atoms with Crippen LogP contribution in [0, 0.1) is 5.82 Å². The van der Waals surface area contributed by atoms with Crippen molar-refractivity contribution in [1.29, 1.82) is 0 Å². The Morgan fingerprint density at radius 2 is 2.07 bits per heavy atom. The van der Waals surface area contributed by atoms with Crippen LogP contribution >= 0.6 is 11.6 Å². The normalized spacial score (nSPS) is 12.5. The van der Waals surface area contributed by atoms with Gasteiger partial charge in [-0.05, 0) is 24.6 Å². The van der Waals surface area contributed by atoms with Crippen LogP contribution in [0.4, 0.5) is 10.2 Å². The van der Waals surface area contributed by atoms with Crippen LogP contribution < -0.4 is 5.32 Å². The summed E-state index contributed by atoms with van der Waals surface area (Å²) in [6, 6.07) is 8.16. The van der Waals surface area contributed by atoms with Crippen molar-refractivity contribution >= 4 is 34.2 Å². The molecule has 0 bridgehead atoms. The molecule has 0 radical (unpaired) electrons. The Labute approximate surface area is 175 Å². The second kappa shape index (κ2) is 7.34. The van der Waals surface area contributed by atoms with Crippen LogP contribution in [0.1, 0.15) is 24.9 Å². The second-order valence-corrected chi connectivity index (χ2v) is 7.09. The summed E-state index contributed by atoms with van der Waals surface area (Å²) in [6.45, 7) is 2.02. The van der Waals surface area contributed by atoms with E-state index < -0.39 is 0 Å². The SMILES string of the molecule is CC[C@@H](Nc1ncnc2[nH]cnc12)c1cc2ncc(Cl)n2nc1-c1ccccc1F. The quantitative estimate of drug-likeness (QED) is 0.435. The van der Waals surface area contributed by atoms with E-state index in [1.165, 1.54) is 23.1 Å². The van der Waals surface area contributed by atoms with Gasteiger partial charge in [0.25, 0.3) is 0 Å². The van der Waals surface area contributed by atoms with Crippen molar-refractivity contribution in [3.63, 3.8) is 0 Å². The Kier molecular flexibility index (Phi) is 4.51. The number of aromatic nitrogens is 7. The third kappa shape index (κ3) is 3.03. The molecule has 0 aliphatic carbocycles. The number of rotatable bonds is 5. The minimum Gasteiger partial charge on any atom is -0.361 e. The Morgan fingerprint density at radius 3 is 2.90 bits per heavy atom. The highest BCUT2D eigenvalue weighted by Gasteiger charge is 2.22. The highest BCUT2D eigenvalue weighted by molar-refractivity contribution is 6.29. The van der Waals surface area contributed by atoms with Crippen molar-refractivity contribution in [2.24, 2.45) is 0 Å². The number of nitrogens with one attached hydrogen (secondary N) is 2. The van der Waals surface area contributed by atoms with Crippen LogP contribution in [-0.4, -0.2) is 34.5 Å². The third-order valence-electron chi connectivity index (χ3n) is 4.92. The number of aromatic amines is 1. The fourth-order valence-electron chi connectivity index (χ4n) is 3.46. The largest absolute Gasteiger partial charge is 0.361 e. The number of anilines is 1. The van der Waals surface area contributed by atoms with Crippen LogP contribution in [0.25, 0.3) is 28.1 Å². The van der Waals surface area contributed by atoms with Gasteiger partial charge in [0, 0.05) is 11.1 Å². The molecular formula is C20H16ClFN8. The fourth-order valence-corrected chi connectivity index (χ4v) is 3.64. The maximum atomic E-state index is 14.7. The van der Waals surface area contributed by atoms with Gasteiger partial charge in [0.05, 0.1) is 24.3 Å². The highest BCUT2D eigenvalue weighted by atomic mass is 35.5. The lowest BCUT2D eigenvalue weighted by Crippen LogP contribution is -2.15.